The molecule has 1 fully saturated rings. The van der Waals surface area contributed by atoms with Crippen molar-refractivity contribution in [2.45, 2.75) is 44.2 Å². The molecule has 0 bridgehead atoms. The summed E-state index contributed by atoms with van der Waals surface area (Å²) in [5, 5.41) is 4.10. The molecule has 1 aromatic heterocycles. The van der Waals surface area contributed by atoms with E-state index in [9.17, 15) is 0 Å². The maximum Gasteiger partial charge on any atom is 0.0748 e. The largest absolute Gasteiger partial charge is 0.375 e. The summed E-state index contributed by atoms with van der Waals surface area (Å²) < 4.78 is 7.49. The summed E-state index contributed by atoms with van der Waals surface area (Å²) in [4.78, 5) is 0. The van der Waals surface area contributed by atoms with Gasteiger partial charge in [0.05, 0.1) is 19.4 Å². The van der Waals surface area contributed by atoms with Crippen LogP contribution in [0.15, 0.2) is 12.4 Å². The van der Waals surface area contributed by atoms with Crippen LogP contribution in [-0.2, 0) is 18.4 Å². The van der Waals surface area contributed by atoms with Crippen molar-refractivity contribution in [3.8, 4) is 0 Å². The van der Waals surface area contributed by atoms with Crippen LogP contribution >= 0.6 is 0 Å². The molecule has 1 saturated carbocycles. The average Bonchev–Trinajstić information content (AvgIpc) is 2.65. The van der Waals surface area contributed by atoms with Gasteiger partial charge in [-0.3, -0.25) is 4.68 Å². The van der Waals surface area contributed by atoms with Gasteiger partial charge in [0.25, 0.3) is 0 Å². The minimum Gasteiger partial charge on any atom is -0.375 e. The highest BCUT2D eigenvalue weighted by atomic mass is 16.5. The van der Waals surface area contributed by atoms with E-state index in [1.807, 2.05) is 19.4 Å². The first-order valence-corrected chi connectivity index (χ1v) is 6.02. The van der Waals surface area contributed by atoms with Crippen molar-refractivity contribution in [3.05, 3.63) is 18.0 Å². The minimum atomic E-state index is -0.0829. The van der Waals surface area contributed by atoms with Crippen LogP contribution in [0.3, 0.4) is 0 Å². The maximum atomic E-state index is 6.28. The first-order valence-electron chi connectivity index (χ1n) is 6.02. The normalized spacial score (nSPS) is 19.9. The molecule has 1 aliphatic carbocycles. The van der Waals surface area contributed by atoms with E-state index in [0.717, 1.165) is 18.4 Å². The Morgan fingerprint density at radius 3 is 2.81 bits per heavy atom. The molecule has 0 aliphatic heterocycles. The van der Waals surface area contributed by atoms with Gasteiger partial charge in [0, 0.05) is 24.3 Å². The first-order chi connectivity index (χ1) is 7.68. The topological polar surface area (TPSA) is 53.1 Å². The fourth-order valence-corrected chi connectivity index (χ4v) is 2.32. The van der Waals surface area contributed by atoms with E-state index in [0.29, 0.717) is 13.2 Å². The molecular formula is C12H21N3O. The minimum absolute atomic E-state index is 0.0829. The van der Waals surface area contributed by atoms with Crippen molar-refractivity contribution in [1.82, 2.24) is 9.78 Å². The Balaban J connectivity index is 1.74. The van der Waals surface area contributed by atoms with Crippen molar-refractivity contribution in [2.24, 2.45) is 12.8 Å². The van der Waals surface area contributed by atoms with Gasteiger partial charge in [0.1, 0.15) is 0 Å². The zero-order chi connectivity index (χ0) is 11.4. The summed E-state index contributed by atoms with van der Waals surface area (Å²) >= 11 is 0. The summed E-state index contributed by atoms with van der Waals surface area (Å²) in [5.41, 5.74) is 7.31. The van der Waals surface area contributed by atoms with Crippen LogP contribution in [0.1, 0.15) is 37.7 Å². The Hall–Kier alpha value is -0.870. The molecule has 0 saturated heterocycles. The smallest absolute Gasteiger partial charge is 0.0748 e. The first kappa shape index (κ1) is 11.6. The molecule has 1 heterocycles. The molecule has 2 N–H and O–H groups in total. The Morgan fingerprint density at radius 1 is 1.44 bits per heavy atom. The highest BCUT2D eigenvalue weighted by Crippen LogP contribution is 2.26. The summed E-state index contributed by atoms with van der Waals surface area (Å²) in [6.45, 7) is 1.29. The van der Waals surface area contributed by atoms with E-state index in [2.05, 4.69) is 5.10 Å². The number of aryl methyl sites for hydroxylation is 1. The maximum absolute atomic E-state index is 6.28. The highest BCUT2D eigenvalue weighted by molar-refractivity contribution is 5.01. The summed E-state index contributed by atoms with van der Waals surface area (Å²) in [7, 11) is 1.91. The van der Waals surface area contributed by atoms with E-state index in [4.69, 9.17) is 10.5 Å². The zero-order valence-electron chi connectivity index (χ0n) is 9.98. The fraction of sp³-hybridized carbons (Fsp3) is 0.750. The van der Waals surface area contributed by atoms with Gasteiger partial charge < -0.3 is 10.5 Å². The Labute approximate surface area is 96.8 Å². The van der Waals surface area contributed by atoms with Crippen molar-refractivity contribution < 1.29 is 4.74 Å². The van der Waals surface area contributed by atoms with Crippen LogP contribution in [0.4, 0.5) is 0 Å². The number of hydrogen-bond acceptors (Lipinski definition) is 3. The number of rotatable bonds is 4. The van der Waals surface area contributed by atoms with Crippen molar-refractivity contribution in [1.29, 1.82) is 0 Å². The van der Waals surface area contributed by atoms with Gasteiger partial charge in [0.15, 0.2) is 0 Å². The molecule has 90 valence electrons. The second kappa shape index (κ2) is 4.97. The van der Waals surface area contributed by atoms with E-state index in [-0.39, 0.29) is 5.54 Å². The quantitative estimate of drug-likeness (QED) is 0.843. The van der Waals surface area contributed by atoms with E-state index < -0.39 is 0 Å². The number of nitrogens with zero attached hydrogens (tertiary/aromatic N) is 2. The molecule has 0 spiro atoms. The molecule has 0 amide bonds. The van der Waals surface area contributed by atoms with Crippen molar-refractivity contribution in [3.63, 3.8) is 0 Å². The lowest BCUT2D eigenvalue weighted by Crippen LogP contribution is -2.46. The number of aromatic nitrogens is 2. The van der Waals surface area contributed by atoms with Crippen LogP contribution in [-0.4, -0.2) is 21.9 Å². The second-order valence-corrected chi connectivity index (χ2v) is 4.94. The van der Waals surface area contributed by atoms with Gasteiger partial charge in [-0.1, -0.05) is 19.3 Å². The van der Waals surface area contributed by atoms with E-state index in [1.165, 1.54) is 19.3 Å². The van der Waals surface area contributed by atoms with Gasteiger partial charge in [-0.05, 0) is 12.8 Å². The Bertz CT molecular complexity index is 329. The molecule has 0 unspecified atom stereocenters. The Morgan fingerprint density at radius 2 is 2.19 bits per heavy atom. The van der Waals surface area contributed by atoms with Gasteiger partial charge in [-0.25, -0.2) is 0 Å². The third-order valence-corrected chi connectivity index (χ3v) is 3.27. The van der Waals surface area contributed by atoms with Crippen LogP contribution in [0.2, 0.25) is 0 Å². The third kappa shape index (κ3) is 3.06. The van der Waals surface area contributed by atoms with Crippen molar-refractivity contribution >= 4 is 0 Å². The van der Waals surface area contributed by atoms with Gasteiger partial charge in [0.2, 0.25) is 0 Å². The summed E-state index contributed by atoms with van der Waals surface area (Å²) in [6.07, 6.45) is 9.81. The molecule has 0 atom stereocenters. The number of nitrogens with two attached hydrogens (primary N) is 1. The Kier molecular flexibility index (Phi) is 3.61. The average molecular weight is 223 g/mol. The summed E-state index contributed by atoms with van der Waals surface area (Å²) in [5.74, 6) is 0. The number of ether oxygens (including phenoxy) is 1. The molecule has 0 aromatic carbocycles. The summed E-state index contributed by atoms with van der Waals surface area (Å²) in [6, 6.07) is 0. The van der Waals surface area contributed by atoms with E-state index >= 15 is 0 Å². The van der Waals surface area contributed by atoms with Crippen molar-refractivity contribution in [2.75, 3.05) is 6.61 Å². The SMILES string of the molecule is Cn1cc(COCC2(N)CCCCC2)cn1. The molecule has 2 rings (SSSR count). The molecule has 0 radical (unpaired) electrons. The lowest BCUT2D eigenvalue weighted by Gasteiger charge is -2.32. The fourth-order valence-electron chi connectivity index (χ4n) is 2.32. The highest BCUT2D eigenvalue weighted by Gasteiger charge is 2.27. The lowest BCUT2D eigenvalue weighted by molar-refractivity contribution is 0.0574. The molecule has 1 aromatic rings. The third-order valence-electron chi connectivity index (χ3n) is 3.27. The van der Waals surface area contributed by atoms with Crippen LogP contribution in [0, 0.1) is 0 Å². The van der Waals surface area contributed by atoms with Crippen LogP contribution < -0.4 is 5.73 Å². The standard InChI is InChI=1S/C12H21N3O/c1-15-8-11(7-14-15)9-16-10-12(13)5-3-2-4-6-12/h7-8H,2-6,9-10,13H2,1H3. The zero-order valence-corrected chi connectivity index (χ0v) is 9.98. The predicted molar refractivity (Wildman–Crippen MR) is 62.9 cm³/mol. The van der Waals surface area contributed by atoms with Gasteiger partial charge >= 0.3 is 0 Å². The molecule has 4 heteroatoms. The number of hydrogen-bond donors (Lipinski definition) is 1. The predicted octanol–water partition coefficient (Wildman–Crippen LogP) is 1.60. The molecular weight excluding hydrogens is 202 g/mol. The van der Waals surface area contributed by atoms with Gasteiger partial charge in [-0.15, -0.1) is 0 Å². The monoisotopic (exact) mass is 223 g/mol. The van der Waals surface area contributed by atoms with Crippen LogP contribution in [0.5, 0.6) is 0 Å². The second-order valence-electron chi connectivity index (χ2n) is 4.94. The van der Waals surface area contributed by atoms with Gasteiger partial charge in [-0.2, -0.15) is 5.10 Å². The molecule has 16 heavy (non-hydrogen) atoms. The van der Waals surface area contributed by atoms with Crippen LogP contribution in [0.25, 0.3) is 0 Å². The lowest BCUT2D eigenvalue weighted by atomic mass is 9.83. The molecule has 1 aliphatic rings. The molecule has 4 nitrogen and oxygen atoms in total. The van der Waals surface area contributed by atoms with E-state index in [1.54, 1.807) is 4.68 Å².